The fourth-order valence-corrected chi connectivity index (χ4v) is 4.97. The van der Waals surface area contributed by atoms with Gasteiger partial charge in [-0.3, -0.25) is 4.79 Å². The molecule has 3 amide bonds. The lowest BCUT2D eigenvalue weighted by molar-refractivity contribution is -0.121. The Balaban J connectivity index is 0.000000568. The summed E-state index contributed by atoms with van der Waals surface area (Å²) in [6.07, 6.45) is 10.5. The third-order valence-electron chi connectivity index (χ3n) is 5.09. The molecule has 2 aliphatic rings. The van der Waals surface area contributed by atoms with Crippen molar-refractivity contribution in [3.05, 3.63) is 0 Å². The molecule has 164 valence electrons. The molecule has 2 saturated heterocycles. The van der Waals surface area contributed by atoms with Gasteiger partial charge in [-0.25, -0.2) is 4.79 Å². The molecule has 0 aliphatic carbocycles. The molecule has 0 saturated carbocycles. The molecule has 7 nitrogen and oxygen atoms in total. The summed E-state index contributed by atoms with van der Waals surface area (Å²) in [5.41, 5.74) is 10.6. The normalized spacial score (nSPS) is 22.7. The van der Waals surface area contributed by atoms with Crippen LogP contribution in [0, 0.1) is 0 Å². The molecule has 2 heterocycles. The van der Waals surface area contributed by atoms with Gasteiger partial charge in [0.25, 0.3) is 0 Å². The lowest BCUT2D eigenvalue weighted by atomic mass is 10.0. The molecule has 3 atom stereocenters. The first-order chi connectivity index (χ1) is 13.6. The highest BCUT2D eigenvalue weighted by atomic mass is 32.2. The van der Waals surface area contributed by atoms with E-state index >= 15 is 0 Å². The van der Waals surface area contributed by atoms with Crippen molar-refractivity contribution >= 4 is 23.7 Å². The fraction of sp³-hybridized carbons (Fsp3) is 0.900. The summed E-state index contributed by atoms with van der Waals surface area (Å²) in [4.78, 5) is 23.0. The van der Waals surface area contributed by atoms with Crippen LogP contribution < -0.4 is 27.4 Å². The molecule has 2 rings (SSSR count). The van der Waals surface area contributed by atoms with Gasteiger partial charge in [-0.05, 0) is 45.2 Å². The van der Waals surface area contributed by atoms with Gasteiger partial charge in [0.1, 0.15) is 0 Å². The summed E-state index contributed by atoms with van der Waals surface area (Å²) in [6, 6.07) is 0.530. The number of thioether (sulfide) groups is 1. The predicted octanol–water partition coefficient (Wildman–Crippen LogP) is 2.09. The minimum atomic E-state index is -0.0330. The molecule has 0 aromatic heterocycles. The number of nitrogens with one attached hydrogen (secondary N) is 3. The molecule has 0 radical (unpaired) electrons. The molecule has 0 bridgehead atoms. The summed E-state index contributed by atoms with van der Waals surface area (Å²) in [5.74, 6) is 1.15. The van der Waals surface area contributed by atoms with Crippen molar-refractivity contribution < 1.29 is 9.59 Å². The van der Waals surface area contributed by atoms with E-state index in [1.807, 2.05) is 11.8 Å². The van der Waals surface area contributed by atoms with Gasteiger partial charge in [0, 0.05) is 24.0 Å². The minimum Gasteiger partial charge on any atom is -0.356 e. The number of unbranched alkanes of at least 4 members (excludes halogenated alkanes) is 5. The SMILES string of the molecule is CCCCCN.NCCCCCNC(=O)CCCC[C@@H]1SC[C@@H]2NC(=O)N[C@@H]21. The molecule has 0 aromatic rings. The van der Waals surface area contributed by atoms with Crippen molar-refractivity contribution in [1.82, 2.24) is 16.0 Å². The standard InChI is InChI=1S/C15H28N4O2S.C5H13N/c16-8-4-1-5-9-17-13(20)7-3-2-6-12-14-11(10-22-12)18-15(21)19-14;1-2-3-4-5-6/h11-12,14H,1-10,16H2,(H,17,20)(H2,18,19,21);2-6H2,1H3/t11-,12-,14-;/m0./s1. The van der Waals surface area contributed by atoms with E-state index in [0.29, 0.717) is 17.7 Å². The molecular weight excluding hydrogens is 374 g/mol. The summed E-state index contributed by atoms with van der Waals surface area (Å²) in [5, 5.41) is 9.40. The van der Waals surface area contributed by atoms with E-state index in [9.17, 15) is 9.59 Å². The number of carbonyl (C=O) groups is 2. The van der Waals surface area contributed by atoms with Crippen LogP contribution in [-0.4, -0.2) is 54.7 Å². The van der Waals surface area contributed by atoms with E-state index in [1.165, 1.54) is 19.3 Å². The maximum atomic E-state index is 11.7. The maximum Gasteiger partial charge on any atom is 0.315 e. The van der Waals surface area contributed by atoms with Gasteiger partial charge in [0.15, 0.2) is 0 Å². The summed E-state index contributed by atoms with van der Waals surface area (Å²) >= 11 is 1.93. The summed E-state index contributed by atoms with van der Waals surface area (Å²) in [6.45, 7) is 4.52. The second kappa shape index (κ2) is 15.9. The lowest BCUT2D eigenvalue weighted by Crippen LogP contribution is -2.36. The molecular formula is C20H41N5O2S. The highest BCUT2D eigenvalue weighted by Crippen LogP contribution is 2.33. The average Bonchev–Trinajstić information content (AvgIpc) is 3.23. The fourth-order valence-electron chi connectivity index (χ4n) is 3.43. The van der Waals surface area contributed by atoms with Crippen molar-refractivity contribution in [3.8, 4) is 0 Å². The van der Waals surface area contributed by atoms with Gasteiger partial charge in [0.2, 0.25) is 5.91 Å². The molecule has 0 aromatic carbocycles. The van der Waals surface area contributed by atoms with Crippen molar-refractivity contribution in [3.63, 3.8) is 0 Å². The Bertz CT molecular complexity index is 435. The molecule has 7 N–H and O–H groups in total. The Labute approximate surface area is 174 Å². The summed E-state index contributed by atoms with van der Waals surface area (Å²) < 4.78 is 0. The van der Waals surface area contributed by atoms with Gasteiger partial charge >= 0.3 is 6.03 Å². The lowest BCUT2D eigenvalue weighted by Gasteiger charge is -2.16. The van der Waals surface area contributed by atoms with Crippen molar-refractivity contribution in [2.24, 2.45) is 11.5 Å². The van der Waals surface area contributed by atoms with Crippen LogP contribution in [0.4, 0.5) is 4.79 Å². The first kappa shape index (κ1) is 25.0. The monoisotopic (exact) mass is 415 g/mol. The van der Waals surface area contributed by atoms with Gasteiger partial charge < -0.3 is 27.4 Å². The number of carbonyl (C=O) groups excluding carboxylic acids is 2. The van der Waals surface area contributed by atoms with Crippen LogP contribution in [0.15, 0.2) is 0 Å². The second-order valence-electron chi connectivity index (χ2n) is 7.56. The Kier molecular flexibility index (Phi) is 14.2. The van der Waals surface area contributed by atoms with Gasteiger partial charge in [-0.2, -0.15) is 11.8 Å². The third kappa shape index (κ3) is 10.5. The Morgan fingerprint density at radius 1 is 1.07 bits per heavy atom. The largest absolute Gasteiger partial charge is 0.356 e. The van der Waals surface area contributed by atoms with Crippen molar-refractivity contribution in [1.29, 1.82) is 0 Å². The van der Waals surface area contributed by atoms with Gasteiger partial charge in [-0.15, -0.1) is 0 Å². The zero-order valence-corrected chi connectivity index (χ0v) is 18.3. The quantitative estimate of drug-likeness (QED) is 0.233. The van der Waals surface area contributed by atoms with Crippen LogP contribution >= 0.6 is 11.8 Å². The van der Waals surface area contributed by atoms with Crippen LogP contribution in [0.2, 0.25) is 0 Å². The highest BCUT2D eigenvalue weighted by Gasteiger charge is 2.42. The number of urea groups is 1. The van der Waals surface area contributed by atoms with E-state index in [2.05, 4.69) is 22.9 Å². The highest BCUT2D eigenvalue weighted by molar-refractivity contribution is 8.00. The Morgan fingerprint density at radius 2 is 1.82 bits per heavy atom. The van der Waals surface area contributed by atoms with Crippen LogP contribution in [0.25, 0.3) is 0 Å². The Morgan fingerprint density at radius 3 is 2.50 bits per heavy atom. The van der Waals surface area contributed by atoms with Crippen molar-refractivity contribution in [2.45, 2.75) is 88.5 Å². The van der Waals surface area contributed by atoms with E-state index in [0.717, 1.165) is 63.9 Å². The van der Waals surface area contributed by atoms with Crippen LogP contribution in [0.5, 0.6) is 0 Å². The van der Waals surface area contributed by atoms with Crippen molar-refractivity contribution in [2.75, 3.05) is 25.4 Å². The number of fused-ring (bicyclic) bond motifs is 1. The maximum absolute atomic E-state index is 11.7. The number of amides is 3. The number of hydrogen-bond donors (Lipinski definition) is 5. The smallest absolute Gasteiger partial charge is 0.315 e. The molecule has 2 aliphatic heterocycles. The van der Waals surface area contributed by atoms with Gasteiger partial charge in [-0.1, -0.05) is 32.6 Å². The minimum absolute atomic E-state index is 0.0330. The second-order valence-corrected chi connectivity index (χ2v) is 8.83. The Hall–Kier alpha value is -0.990. The average molecular weight is 416 g/mol. The molecule has 0 spiro atoms. The molecule has 28 heavy (non-hydrogen) atoms. The predicted molar refractivity (Wildman–Crippen MR) is 118 cm³/mol. The molecule has 2 fully saturated rings. The zero-order chi connectivity index (χ0) is 20.6. The number of rotatable bonds is 13. The molecule has 8 heteroatoms. The number of hydrogen-bond acceptors (Lipinski definition) is 5. The van der Waals surface area contributed by atoms with Crippen LogP contribution in [0.1, 0.15) is 71.1 Å². The van der Waals surface area contributed by atoms with E-state index in [4.69, 9.17) is 11.5 Å². The van der Waals surface area contributed by atoms with E-state index in [1.54, 1.807) is 0 Å². The molecule has 0 unspecified atom stereocenters. The first-order valence-corrected chi connectivity index (χ1v) is 12.0. The van der Waals surface area contributed by atoms with Crippen LogP contribution in [-0.2, 0) is 4.79 Å². The first-order valence-electron chi connectivity index (χ1n) is 11.0. The summed E-state index contributed by atoms with van der Waals surface area (Å²) in [7, 11) is 0. The van der Waals surface area contributed by atoms with Gasteiger partial charge in [0.05, 0.1) is 12.1 Å². The number of nitrogens with two attached hydrogens (primary N) is 2. The topological polar surface area (TPSA) is 122 Å². The third-order valence-corrected chi connectivity index (χ3v) is 6.60. The zero-order valence-electron chi connectivity index (χ0n) is 17.5. The van der Waals surface area contributed by atoms with E-state index < -0.39 is 0 Å². The van der Waals surface area contributed by atoms with E-state index in [-0.39, 0.29) is 18.0 Å². The van der Waals surface area contributed by atoms with Crippen LogP contribution in [0.3, 0.4) is 0 Å².